The number of nitro benzene ring substituents is 1. The van der Waals surface area contributed by atoms with Crippen LogP contribution in [0, 0.1) is 10.1 Å². The largest absolute Gasteiger partial charge is 0.497 e. The topological polar surface area (TPSA) is 87.3 Å². The molecule has 0 aliphatic rings. The summed E-state index contributed by atoms with van der Waals surface area (Å²) in [4.78, 5) is 23.4. The Morgan fingerprint density at radius 2 is 1.78 bits per heavy atom. The fraction of sp³-hybridized carbons (Fsp3) is 0.0400. The number of ketones is 1. The lowest BCUT2D eigenvalue weighted by atomic mass is 10.1. The minimum atomic E-state index is -0.444. The molecule has 0 atom stereocenters. The van der Waals surface area contributed by atoms with Gasteiger partial charge in [0.15, 0.2) is 5.78 Å². The van der Waals surface area contributed by atoms with Gasteiger partial charge in [-0.05, 0) is 48.6 Å². The molecule has 3 aromatic carbocycles. The molecule has 4 rings (SSSR count). The Morgan fingerprint density at radius 3 is 2.47 bits per heavy atom. The molecule has 0 saturated heterocycles. The van der Waals surface area contributed by atoms with Gasteiger partial charge in [0, 0.05) is 35.0 Å². The lowest BCUT2D eigenvalue weighted by molar-refractivity contribution is -0.384. The van der Waals surface area contributed by atoms with Crippen molar-refractivity contribution < 1.29 is 14.5 Å². The first-order chi connectivity index (χ1) is 15.5. The molecular formula is C25H19N3O4. The summed E-state index contributed by atoms with van der Waals surface area (Å²) in [6.45, 7) is 0. The molecule has 4 aromatic rings. The standard InChI is InChI=1S/C25H19N3O4/c1-32-23-13-10-18(11-14-23)24(29)15-12-20-17-27(21-7-3-2-4-8-21)26-25(20)19-6-5-9-22(16-19)28(30)31/h2-17H,1H3/b15-12-. The maximum atomic E-state index is 12.6. The molecule has 1 aromatic heterocycles. The van der Waals surface area contributed by atoms with E-state index in [1.807, 2.05) is 30.3 Å². The van der Waals surface area contributed by atoms with Gasteiger partial charge < -0.3 is 4.74 Å². The summed E-state index contributed by atoms with van der Waals surface area (Å²) < 4.78 is 6.81. The third-order valence-corrected chi connectivity index (χ3v) is 4.88. The van der Waals surface area contributed by atoms with Crippen molar-refractivity contribution in [3.8, 4) is 22.7 Å². The number of non-ortho nitro benzene ring substituents is 1. The molecule has 0 amide bonds. The number of aromatic nitrogens is 2. The van der Waals surface area contributed by atoms with Crippen LogP contribution in [0.15, 0.2) is 91.1 Å². The monoisotopic (exact) mass is 425 g/mol. The van der Waals surface area contributed by atoms with E-state index in [9.17, 15) is 14.9 Å². The number of methoxy groups -OCH3 is 1. The fourth-order valence-electron chi connectivity index (χ4n) is 3.23. The van der Waals surface area contributed by atoms with E-state index in [1.54, 1.807) is 60.5 Å². The van der Waals surface area contributed by atoms with Crippen molar-refractivity contribution in [3.63, 3.8) is 0 Å². The molecule has 7 heteroatoms. The average Bonchev–Trinajstić information content (AvgIpc) is 3.27. The Hall–Kier alpha value is -4.52. The summed E-state index contributed by atoms with van der Waals surface area (Å²) in [5.74, 6) is 0.493. The van der Waals surface area contributed by atoms with Crippen LogP contribution in [-0.2, 0) is 0 Å². The summed E-state index contributed by atoms with van der Waals surface area (Å²) in [6.07, 6.45) is 4.93. The summed E-state index contributed by atoms with van der Waals surface area (Å²) in [7, 11) is 1.57. The molecule has 0 aliphatic carbocycles. The number of benzene rings is 3. The van der Waals surface area contributed by atoms with E-state index in [-0.39, 0.29) is 11.5 Å². The average molecular weight is 425 g/mol. The van der Waals surface area contributed by atoms with Crippen molar-refractivity contribution >= 4 is 17.5 Å². The molecule has 0 saturated carbocycles. The normalized spacial score (nSPS) is 10.9. The van der Waals surface area contributed by atoms with Gasteiger partial charge in [-0.25, -0.2) is 4.68 Å². The Bertz CT molecular complexity index is 1290. The number of carbonyl (C=O) groups is 1. The number of nitro groups is 1. The number of nitrogens with zero attached hydrogens (tertiary/aromatic N) is 3. The molecule has 0 radical (unpaired) electrons. The van der Waals surface area contributed by atoms with Crippen molar-refractivity contribution in [1.29, 1.82) is 0 Å². The number of carbonyl (C=O) groups excluding carboxylic acids is 1. The molecular weight excluding hydrogens is 406 g/mol. The van der Waals surface area contributed by atoms with Crippen molar-refractivity contribution in [3.05, 3.63) is 112 Å². The van der Waals surface area contributed by atoms with Gasteiger partial charge in [0.1, 0.15) is 11.4 Å². The van der Waals surface area contributed by atoms with Gasteiger partial charge in [0.2, 0.25) is 0 Å². The van der Waals surface area contributed by atoms with Crippen LogP contribution in [0.3, 0.4) is 0 Å². The Balaban J connectivity index is 1.73. The van der Waals surface area contributed by atoms with E-state index in [1.165, 1.54) is 18.2 Å². The van der Waals surface area contributed by atoms with Crippen LogP contribution in [0.1, 0.15) is 15.9 Å². The first kappa shape index (κ1) is 20.7. The van der Waals surface area contributed by atoms with E-state index < -0.39 is 4.92 Å². The van der Waals surface area contributed by atoms with Crippen molar-refractivity contribution in [2.45, 2.75) is 0 Å². The zero-order chi connectivity index (χ0) is 22.5. The smallest absolute Gasteiger partial charge is 0.270 e. The van der Waals surface area contributed by atoms with Crippen LogP contribution in [0.4, 0.5) is 5.69 Å². The van der Waals surface area contributed by atoms with Crippen molar-refractivity contribution in [2.24, 2.45) is 0 Å². The molecule has 0 fully saturated rings. The zero-order valence-corrected chi connectivity index (χ0v) is 17.2. The van der Waals surface area contributed by atoms with E-state index in [2.05, 4.69) is 5.10 Å². The van der Waals surface area contributed by atoms with Gasteiger partial charge in [-0.2, -0.15) is 5.10 Å². The summed E-state index contributed by atoms with van der Waals surface area (Å²) >= 11 is 0. The second-order valence-corrected chi connectivity index (χ2v) is 6.95. The Labute approximate surface area is 184 Å². The van der Waals surface area contributed by atoms with Crippen LogP contribution < -0.4 is 4.74 Å². The van der Waals surface area contributed by atoms with Crippen LogP contribution in [-0.4, -0.2) is 27.6 Å². The molecule has 0 spiro atoms. The van der Waals surface area contributed by atoms with Crippen molar-refractivity contribution in [2.75, 3.05) is 7.11 Å². The molecule has 0 N–H and O–H groups in total. The second-order valence-electron chi connectivity index (χ2n) is 6.95. The molecule has 32 heavy (non-hydrogen) atoms. The predicted octanol–water partition coefficient (Wildman–Crippen LogP) is 5.35. The predicted molar refractivity (Wildman–Crippen MR) is 122 cm³/mol. The summed E-state index contributed by atoms with van der Waals surface area (Å²) in [6, 6.07) is 22.6. The van der Waals surface area contributed by atoms with Crippen LogP contribution >= 0.6 is 0 Å². The zero-order valence-electron chi connectivity index (χ0n) is 17.2. The Morgan fingerprint density at radius 1 is 1.03 bits per heavy atom. The lowest BCUT2D eigenvalue weighted by Gasteiger charge is -2.01. The van der Waals surface area contributed by atoms with Crippen LogP contribution in [0.5, 0.6) is 5.75 Å². The number of hydrogen-bond acceptors (Lipinski definition) is 5. The van der Waals surface area contributed by atoms with Gasteiger partial charge in [-0.3, -0.25) is 14.9 Å². The van der Waals surface area contributed by atoms with Gasteiger partial charge in [0.25, 0.3) is 5.69 Å². The maximum absolute atomic E-state index is 12.6. The summed E-state index contributed by atoms with van der Waals surface area (Å²) in [5.41, 5.74) is 3.12. The number of ether oxygens (including phenoxy) is 1. The minimum absolute atomic E-state index is 0.0269. The van der Waals surface area contributed by atoms with E-state index in [0.29, 0.717) is 28.1 Å². The first-order valence-corrected chi connectivity index (χ1v) is 9.81. The van der Waals surface area contributed by atoms with Gasteiger partial charge in [0.05, 0.1) is 17.7 Å². The first-order valence-electron chi connectivity index (χ1n) is 9.81. The molecule has 1 heterocycles. The number of para-hydroxylation sites is 1. The lowest BCUT2D eigenvalue weighted by Crippen LogP contribution is -1.94. The van der Waals surface area contributed by atoms with Gasteiger partial charge >= 0.3 is 0 Å². The minimum Gasteiger partial charge on any atom is -0.497 e. The third-order valence-electron chi connectivity index (χ3n) is 4.88. The number of allylic oxidation sites excluding steroid dienone is 1. The number of rotatable bonds is 7. The van der Waals surface area contributed by atoms with Crippen LogP contribution in [0.25, 0.3) is 23.0 Å². The third kappa shape index (κ3) is 4.46. The van der Waals surface area contributed by atoms with Crippen LogP contribution in [0.2, 0.25) is 0 Å². The quantitative estimate of drug-likeness (QED) is 0.172. The fourth-order valence-corrected chi connectivity index (χ4v) is 3.23. The highest BCUT2D eigenvalue weighted by Gasteiger charge is 2.14. The highest BCUT2D eigenvalue weighted by Crippen LogP contribution is 2.28. The molecule has 158 valence electrons. The van der Waals surface area contributed by atoms with E-state index in [0.717, 1.165) is 5.69 Å². The highest BCUT2D eigenvalue weighted by atomic mass is 16.6. The molecule has 7 nitrogen and oxygen atoms in total. The second kappa shape index (κ2) is 9.09. The Kier molecular flexibility index (Phi) is 5.89. The highest BCUT2D eigenvalue weighted by molar-refractivity contribution is 6.07. The number of hydrogen-bond donors (Lipinski definition) is 0. The molecule has 0 aliphatic heterocycles. The van der Waals surface area contributed by atoms with Crippen molar-refractivity contribution in [1.82, 2.24) is 9.78 Å². The summed E-state index contributed by atoms with van der Waals surface area (Å²) in [5, 5.41) is 15.9. The SMILES string of the molecule is COc1ccc(C(=O)/C=C\c2cn(-c3ccccc3)nc2-c2cccc([N+](=O)[O-])c2)cc1. The van der Waals surface area contributed by atoms with Gasteiger partial charge in [-0.1, -0.05) is 30.3 Å². The van der Waals surface area contributed by atoms with Gasteiger partial charge in [-0.15, -0.1) is 0 Å². The molecule has 0 unspecified atom stereocenters. The molecule has 0 bridgehead atoms. The van der Waals surface area contributed by atoms with E-state index in [4.69, 9.17) is 4.74 Å². The van der Waals surface area contributed by atoms with E-state index >= 15 is 0 Å². The maximum Gasteiger partial charge on any atom is 0.270 e.